The van der Waals surface area contributed by atoms with Crippen LogP contribution in [0, 0.1) is 0 Å². The summed E-state index contributed by atoms with van der Waals surface area (Å²) in [5.41, 5.74) is 2.75. The molecule has 4 heteroatoms. The smallest absolute Gasteiger partial charge is 0.250 e. The summed E-state index contributed by atoms with van der Waals surface area (Å²) in [5.74, 6) is 0. The number of ether oxygens (including phenoxy) is 1. The topological polar surface area (TPSA) is 43.3 Å². The van der Waals surface area contributed by atoms with Crippen LogP contribution >= 0.6 is 0 Å². The molecule has 0 saturated carbocycles. The highest BCUT2D eigenvalue weighted by Gasteiger charge is 2.16. The molecule has 0 radical (unpaired) electrons. The molecule has 1 fully saturated rings. The first kappa shape index (κ1) is 12.9. The van der Waals surface area contributed by atoms with E-state index < -0.39 is 0 Å². The van der Waals surface area contributed by atoms with E-state index >= 15 is 0 Å². The van der Waals surface area contributed by atoms with Gasteiger partial charge in [0, 0.05) is 38.0 Å². The van der Waals surface area contributed by atoms with Crippen LogP contribution in [0.3, 0.4) is 0 Å². The maximum atomic E-state index is 11.9. The Bertz CT molecular complexity index is 489. The van der Waals surface area contributed by atoms with Gasteiger partial charge in [-0.2, -0.15) is 0 Å². The van der Waals surface area contributed by atoms with Gasteiger partial charge in [-0.3, -0.25) is 4.79 Å². The molecular formula is C15H22N2O2. The van der Waals surface area contributed by atoms with E-state index in [1.54, 1.807) is 6.07 Å². The van der Waals surface area contributed by atoms with E-state index in [-0.39, 0.29) is 5.56 Å². The first-order valence-corrected chi connectivity index (χ1v) is 7.38. The highest BCUT2D eigenvalue weighted by molar-refractivity contribution is 5.25. The number of pyridine rings is 1. The SMILES string of the molecule is O=c1ccc2c(n1CCNCC1CCCO1)CCC2. The number of nitrogens with one attached hydrogen (secondary N) is 1. The largest absolute Gasteiger partial charge is 0.377 e. The highest BCUT2D eigenvalue weighted by atomic mass is 16.5. The summed E-state index contributed by atoms with van der Waals surface area (Å²) in [6.07, 6.45) is 6.07. The average molecular weight is 262 g/mol. The van der Waals surface area contributed by atoms with Crippen LogP contribution in [-0.2, 0) is 24.1 Å². The molecule has 0 bridgehead atoms. The molecule has 1 aliphatic heterocycles. The third kappa shape index (κ3) is 2.90. The minimum absolute atomic E-state index is 0.138. The lowest BCUT2D eigenvalue weighted by molar-refractivity contribution is 0.110. The van der Waals surface area contributed by atoms with Crippen LogP contribution in [0.2, 0.25) is 0 Å². The molecule has 1 unspecified atom stereocenters. The quantitative estimate of drug-likeness (QED) is 0.808. The number of hydrogen-bond acceptors (Lipinski definition) is 3. The number of rotatable bonds is 5. The fraction of sp³-hybridized carbons (Fsp3) is 0.667. The number of nitrogens with zero attached hydrogens (tertiary/aromatic N) is 1. The minimum Gasteiger partial charge on any atom is -0.377 e. The van der Waals surface area contributed by atoms with Gasteiger partial charge in [0.2, 0.25) is 0 Å². The Morgan fingerprint density at radius 1 is 1.32 bits per heavy atom. The van der Waals surface area contributed by atoms with Crippen LogP contribution in [0.4, 0.5) is 0 Å². The maximum absolute atomic E-state index is 11.9. The van der Waals surface area contributed by atoms with Crippen molar-refractivity contribution in [2.45, 2.75) is 44.8 Å². The Hall–Kier alpha value is -1.13. The molecule has 1 N–H and O–H groups in total. The van der Waals surface area contributed by atoms with Gasteiger partial charge in [-0.1, -0.05) is 6.07 Å². The predicted octanol–water partition coefficient (Wildman–Crippen LogP) is 1.11. The van der Waals surface area contributed by atoms with E-state index in [0.29, 0.717) is 6.10 Å². The monoisotopic (exact) mass is 262 g/mol. The van der Waals surface area contributed by atoms with Crippen LogP contribution in [0.15, 0.2) is 16.9 Å². The lowest BCUT2D eigenvalue weighted by Crippen LogP contribution is -2.32. The van der Waals surface area contributed by atoms with Gasteiger partial charge in [0.05, 0.1) is 6.10 Å². The van der Waals surface area contributed by atoms with Crippen LogP contribution in [-0.4, -0.2) is 30.4 Å². The zero-order valence-corrected chi connectivity index (χ0v) is 11.4. The number of aryl methyl sites for hydroxylation is 1. The normalized spacial score (nSPS) is 21.8. The van der Waals surface area contributed by atoms with Crippen molar-refractivity contribution in [1.29, 1.82) is 0 Å². The summed E-state index contributed by atoms with van der Waals surface area (Å²) in [4.78, 5) is 11.9. The van der Waals surface area contributed by atoms with E-state index in [0.717, 1.165) is 45.5 Å². The zero-order valence-electron chi connectivity index (χ0n) is 11.4. The van der Waals surface area contributed by atoms with Gasteiger partial charge in [0.15, 0.2) is 0 Å². The van der Waals surface area contributed by atoms with Gasteiger partial charge in [0.1, 0.15) is 0 Å². The van der Waals surface area contributed by atoms with Crippen molar-refractivity contribution in [3.05, 3.63) is 33.7 Å². The van der Waals surface area contributed by atoms with Crippen molar-refractivity contribution in [2.24, 2.45) is 0 Å². The first-order chi connectivity index (χ1) is 9.34. The minimum atomic E-state index is 0.138. The Labute approximate surface area is 113 Å². The molecule has 2 heterocycles. The number of aromatic nitrogens is 1. The summed E-state index contributed by atoms with van der Waals surface area (Å²) >= 11 is 0. The second kappa shape index (κ2) is 5.88. The van der Waals surface area contributed by atoms with Crippen LogP contribution < -0.4 is 10.9 Å². The summed E-state index contributed by atoms with van der Waals surface area (Å²) in [7, 11) is 0. The standard InChI is InChI=1S/C15H22N2O2/c18-15-7-6-12-3-1-5-14(12)17(15)9-8-16-11-13-4-2-10-19-13/h6-7,13,16H,1-5,8-11H2. The van der Waals surface area contributed by atoms with Crippen molar-refractivity contribution >= 4 is 0 Å². The van der Waals surface area contributed by atoms with Gasteiger partial charge in [0.25, 0.3) is 5.56 Å². The van der Waals surface area contributed by atoms with E-state index in [9.17, 15) is 4.79 Å². The van der Waals surface area contributed by atoms with Gasteiger partial charge in [-0.15, -0.1) is 0 Å². The lowest BCUT2D eigenvalue weighted by Gasteiger charge is -2.14. The molecule has 1 saturated heterocycles. The average Bonchev–Trinajstić information content (AvgIpc) is 3.07. The van der Waals surface area contributed by atoms with Crippen molar-refractivity contribution in [3.8, 4) is 0 Å². The summed E-state index contributed by atoms with van der Waals surface area (Å²) in [6.45, 7) is 3.42. The van der Waals surface area contributed by atoms with Gasteiger partial charge in [-0.25, -0.2) is 0 Å². The van der Waals surface area contributed by atoms with E-state index in [2.05, 4.69) is 5.32 Å². The molecule has 2 aliphatic rings. The van der Waals surface area contributed by atoms with Crippen molar-refractivity contribution in [3.63, 3.8) is 0 Å². The molecule has 3 rings (SSSR count). The van der Waals surface area contributed by atoms with Gasteiger partial charge in [-0.05, 0) is 37.7 Å². The molecule has 19 heavy (non-hydrogen) atoms. The molecule has 1 atom stereocenters. The van der Waals surface area contributed by atoms with Crippen molar-refractivity contribution < 1.29 is 4.74 Å². The third-order valence-corrected chi connectivity index (χ3v) is 4.16. The van der Waals surface area contributed by atoms with Crippen molar-refractivity contribution in [2.75, 3.05) is 19.7 Å². The lowest BCUT2D eigenvalue weighted by atomic mass is 10.2. The van der Waals surface area contributed by atoms with E-state index in [1.165, 1.54) is 24.1 Å². The predicted molar refractivity (Wildman–Crippen MR) is 74.6 cm³/mol. The van der Waals surface area contributed by atoms with Crippen LogP contribution in [0.25, 0.3) is 0 Å². The van der Waals surface area contributed by atoms with Gasteiger partial charge >= 0.3 is 0 Å². The Morgan fingerprint density at radius 3 is 3.11 bits per heavy atom. The molecule has 0 spiro atoms. The van der Waals surface area contributed by atoms with Crippen LogP contribution in [0.5, 0.6) is 0 Å². The summed E-state index contributed by atoms with van der Waals surface area (Å²) in [5, 5.41) is 3.41. The van der Waals surface area contributed by atoms with Crippen molar-refractivity contribution in [1.82, 2.24) is 9.88 Å². The summed E-state index contributed by atoms with van der Waals surface area (Å²) in [6, 6.07) is 3.71. The molecule has 0 aromatic carbocycles. The Morgan fingerprint density at radius 2 is 2.26 bits per heavy atom. The molecule has 1 aromatic rings. The fourth-order valence-electron chi connectivity index (χ4n) is 3.14. The number of fused-ring (bicyclic) bond motifs is 1. The van der Waals surface area contributed by atoms with Crippen LogP contribution in [0.1, 0.15) is 30.5 Å². The molecule has 1 aromatic heterocycles. The fourth-order valence-corrected chi connectivity index (χ4v) is 3.14. The Balaban J connectivity index is 1.55. The first-order valence-electron chi connectivity index (χ1n) is 7.38. The van der Waals surface area contributed by atoms with E-state index in [1.807, 2.05) is 10.6 Å². The Kier molecular flexibility index (Phi) is 3.99. The molecule has 4 nitrogen and oxygen atoms in total. The zero-order chi connectivity index (χ0) is 13.1. The second-order valence-corrected chi connectivity index (χ2v) is 5.49. The highest BCUT2D eigenvalue weighted by Crippen LogP contribution is 2.19. The summed E-state index contributed by atoms with van der Waals surface area (Å²) < 4.78 is 7.52. The number of hydrogen-bond donors (Lipinski definition) is 1. The van der Waals surface area contributed by atoms with E-state index in [4.69, 9.17) is 4.74 Å². The second-order valence-electron chi connectivity index (χ2n) is 5.49. The molecule has 104 valence electrons. The molecule has 0 amide bonds. The third-order valence-electron chi connectivity index (χ3n) is 4.16. The maximum Gasteiger partial charge on any atom is 0.250 e. The van der Waals surface area contributed by atoms with Gasteiger partial charge < -0.3 is 14.6 Å². The molecule has 1 aliphatic carbocycles. The molecular weight excluding hydrogens is 240 g/mol.